The summed E-state index contributed by atoms with van der Waals surface area (Å²) in [7, 11) is 0. The van der Waals surface area contributed by atoms with Crippen molar-refractivity contribution >= 4 is 27.7 Å². The molecule has 0 N–H and O–H groups in total. The van der Waals surface area contributed by atoms with Crippen molar-refractivity contribution in [3.05, 3.63) is 24.3 Å². The molecule has 23 heavy (non-hydrogen) atoms. The molecule has 124 valence electrons. The number of rotatable bonds is 3. The second kappa shape index (κ2) is 6.35. The lowest BCUT2D eigenvalue weighted by Gasteiger charge is -2.28. The van der Waals surface area contributed by atoms with Crippen molar-refractivity contribution in [1.29, 1.82) is 0 Å². The number of likely N-dealkylation sites (tertiary alicyclic amines) is 1. The predicted molar refractivity (Wildman–Crippen MR) is 91.1 cm³/mol. The quantitative estimate of drug-likeness (QED) is 0.849. The Morgan fingerprint density at radius 1 is 1.39 bits per heavy atom. The first kappa shape index (κ1) is 16.1. The number of nitrogens with zero attached hydrogens (tertiary/aromatic N) is 2. The molecule has 0 saturated carbocycles. The van der Waals surface area contributed by atoms with Gasteiger partial charge in [0.2, 0.25) is 5.88 Å². The molecule has 1 amide bonds. The number of hydrogen-bond acceptors (Lipinski definition) is 5. The summed E-state index contributed by atoms with van der Waals surface area (Å²) in [6.45, 7) is 6.82. The second-order valence-corrected chi connectivity index (χ2v) is 7.57. The molecule has 1 saturated heterocycles. The lowest BCUT2D eigenvalue weighted by Crippen LogP contribution is -2.42. The Morgan fingerprint density at radius 3 is 2.96 bits per heavy atom. The lowest BCUT2D eigenvalue weighted by atomic mass is 10.2. The highest BCUT2D eigenvalue weighted by Crippen LogP contribution is 2.29. The average Bonchev–Trinajstić information content (AvgIpc) is 3.10. The minimum absolute atomic E-state index is 0.0466. The summed E-state index contributed by atoms with van der Waals surface area (Å²) in [4.78, 5) is 14.1. The smallest absolute Gasteiger partial charge is 0.410 e. The summed E-state index contributed by atoms with van der Waals surface area (Å²) in [5.41, 5.74) is -0.476. The van der Waals surface area contributed by atoms with Gasteiger partial charge in [-0.05, 0) is 57.3 Å². The SMILES string of the molecule is CC(C)(C)OC(=O)N1CCC[C@@H]1COc1nsc2ccccc12. The van der Waals surface area contributed by atoms with E-state index in [0.717, 1.165) is 29.5 Å². The number of ether oxygens (including phenoxy) is 2. The summed E-state index contributed by atoms with van der Waals surface area (Å²) in [5, 5.41) is 1.03. The third-order valence-corrected chi connectivity index (χ3v) is 4.57. The van der Waals surface area contributed by atoms with Gasteiger partial charge in [-0.2, -0.15) is 4.37 Å². The maximum absolute atomic E-state index is 12.3. The fourth-order valence-corrected chi connectivity index (χ4v) is 3.44. The number of carbonyl (C=O) groups excluding carboxylic acids is 1. The zero-order valence-electron chi connectivity index (χ0n) is 13.7. The molecule has 2 heterocycles. The summed E-state index contributed by atoms with van der Waals surface area (Å²) < 4.78 is 16.9. The highest BCUT2D eigenvalue weighted by molar-refractivity contribution is 7.13. The first-order valence-corrected chi connectivity index (χ1v) is 8.68. The van der Waals surface area contributed by atoms with Crippen LogP contribution in [0.15, 0.2) is 24.3 Å². The summed E-state index contributed by atoms with van der Waals surface area (Å²) in [6.07, 6.45) is 1.65. The van der Waals surface area contributed by atoms with Gasteiger partial charge in [0.1, 0.15) is 12.2 Å². The first-order valence-electron chi connectivity index (χ1n) is 7.91. The normalized spacial score (nSPS) is 18.4. The fraction of sp³-hybridized carbons (Fsp3) is 0.529. The molecule has 1 atom stereocenters. The molecular weight excluding hydrogens is 312 g/mol. The van der Waals surface area contributed by atoms with E-state index in [2.05, 4.69) is 4.37 Å². The van der Waals surface area contributed by atoms with E-state index in [4.69, 9.17) is 9.47 Å². The number of aromatic nitrogens is 1. The summed E-state index contributed by atoms with van der Waals surface area (Å²) >= 11 is 1.43. The van der Waals surface area contributed by atoms with Crippen molar-refractivity contribution in [2.75, 3.05) is 13.2 Å². The Bertz CT molecular complexity index is 692. The topological polar surface area (TPSA) is 51.7 Å². The standard InChI is InChI=1S/C17H22N2O3S/c1-17(2,3)22-16(20)19-10-6-7-12(19)11-21-15-13-8-4-5-9-14(13)23-18-15/h4-5,8-9,12H,6-7,10-11H2,1-3H3/t12-/m1/s1. The molecule has 5 nitrogen and oxygen atoms in total. The minimum Gasteiger partial charge on any atom is -0.474 e. The number of benzene rings is 1. The molecule has 0 spiro atoms. The van der Waals surface area contributed by atoms with Gasteiger partial charge in [0.15, 0.2) is 0 Å². The number of hydrogen-bond donors (Lipinski definition) is 0. The summed E-state index contributed by atoms with van der Waals surface area (Å²) in [5.74, 6) is 0.654. The van der Waals surface area contributed by atoms with Crippen LogP contribution in [-0.2, 0) is 4.74 Å². The van der Waals surface area contributed by atoms with Gasteiger partial charge < -0.3 is 14.4 Å². The molecule has 1 aliphatic heterocycles. The fourth-order valence-electron chi connectivity index (χ4n) is 2.71. The van der Waals surface area contributed by atoms with Gasteiger partial charge in [0.05, 0.1) is 16.1 Å². The molecule has 1 aromatic heterocycles. The van der Waals surface area contributed by atoms with Crippen LogP contribution in [0.3, 0.4) is 0 Å². The van der Waals surface area contributed by atoms with Gasteiger partial charge in [-0.3, -0.25) is 0 Å². The lowest BCUT2D eigenvalue weighted by molar-refractivity contribution is 0.0187. The van der Waals surface area contributed by atoms with Gasteiger partial charge in [0.25, 0.3) is 0 Å². The Kier molecular flexibility index (Phi) is 4.43. The van der Waals surface area contributed by atoms with Gasteiger partial charge in [-0.15, -0.1) is 0 Å². The summed E-state index contributed by atoms with van der Waals surface area (Å²) in [6, 6.07) is 8.06. The third kappa shape index (κ3) is 3.75. The third-order valence-electron chi connectivity index (χ3n) is 3.76. The van der Waals surface area contributed by atoms with Crippen LogP contribution >= 0.6 is 11.5 Å². The van der Waals surface area contributed by atoms with Crippen LogP contribution < -0.4 is 4.74 Å². The van der Waals surface area contributed by atoms with Crippen LogP contribution in [-0.4, -0.2) is 40.2 Å². The van der Waals surface area contributed by atoms with Gasteiger partial charge >= 0.3 is 6.09 Å². The molecule has 3 rings (SSSR count). The highest BCUT2D eigenvalue weighted by Gasteiger charge is 2.32. The maximum Gasteiger partial charge on any atom is 0.410 e. The Labute approximate surface area is 140 Å². The molecule has 1 fully saturated rings. The molecule has 1 aromatic carbocycles. The van der Waals surface area contributed by atoms with E-state index in [0.29, 0.717) is 12.5 Å². The molecule has 0 unspecified atom stereocenters. The van der Waals surface area contributed by atoms with Crippen molar-refractivity contribution in [3.63, 3.8) is 0 Å². The van der Waals surface area contributed by atoms with E-state index in [1.54, 1.807) is 4.90 Å². The van der Waals surface area contributed by atoms with Crippen LogP contribution in [0.1, 0.15) is 33.6 Å². The van der Waals surface area contributed by atoms with Crippen molar-refractivity contribution < 1.29 is 14.3 Å². The maximum atomic E-state index is 12.3. The molecule has 0 radical (unpaired) electrons. The monoisotopic (exact) mass is 334 g/mol. The molecule has 0 aliphatic carbocycles. The largest absolute Gasteiger partial charge is 0.474 e. The van der Waals surface area contributed by atoms with Crippen molar-refractivity contribution in [2.24, 2.45) is 0 Å². The van der Waals surface area contributed by atoms with E-state index >= 15 is 0 Å². The van der Waals surface area contributed by atoms with E-state index in [1.165, 1.54) is 11.5 Å². The second-order valence-electron chi connectivity index (χ2n) is 6.76. The van der Waals surface area contributed by atoms with Gasteiger partial charge in [-0.25, -0.2) is 4.79 Å². The van der Waals surface area contributed by atoms with Crippen LogP contribution in [0.4, 0.5) is 4.79 Å². The van der Waals surface area contributed by atoms with Crippen LogP contribution in [0.5, 0.6) is 5.88 Å². The number of fused-ring (bicyclic) bond motifs is 1. The van der Waals surface area contributed by atoms with E-state index in [-0.39, 0.29) is 12.1 Å². The molecule has 1 aliphatic rings. The van der Waals surface area contributed by atoms with E-state index < -0.39 is 5.60 Å². The van der Waals surface area contributed by atoms with Crippen LogP contribution in [0, 0.1) is 0 Å². The van der Waals surface area contributed by atoms with Crippen molar-refractivity contribution in [2.45, 2.75) is 45.3 Å². The van der Waals surface area contributed by atoms with Crippen molar-refractivity contribution in [3.8, 4) is 5.88 Å². The first-order chi connectivity index (χ1) is 10.9. The van der Waals surface area contributed by atoms with Crippen LogP contribution in [0.2, 0.25) is 0 Å². The zero-order valence-corrected chi connectivity index (χ0v) is 14.6. The van der Waals surface area contributed by atoms with Crippen LogP contribution in [0.25, 0.3) is 10.1 Å². The van der Waals surface area contributed by atoms with E-state index in [1.807, 2.05) is 45.0 Å². The highest BCUT2D eigenvalue weighted by atomic mass is 32.1. The minimum atomic E-state index is -0.476. The van der Waals surface area contributed by atoms with Gasteiger partial charge in [0, 0.05) is 6.54 Å². The Balaban J connectivity index is 1.64. The van der Waals surface area contributed by atoms with Gasteiger partial charge in [-0.1, -0.05) is 12.1 Å². The Morgan fingerprint density at radius 2 is 2.17 bits per heavy atom. The molecular formula is C17H22N2O3S. The number of carbonyl (C=O) groups is 1. The molecule has 2 aromatic rings. The van der Waals surface area contributed by atoms with Crippen molar-refractivity contribution in [1.82, 2.24) is 9.27 Å². The predicted octanol–water partition coefficient (Wildman–Crippen LogP) is 4.07. The number of amides is 1. The van der Waals surface area contributed by atoms with E-state index in [9.17, 15) is 4.79 Å². The Hall–Kier alpha value is -1.82. The zero-order chi connectivity index (χ0) is 16.4. The average molecular weight is 334 g/mol. The molecule has 6 heteroatoms. The molecule has 0 bridgehead atoms.